The third-order valence-electron chi connectivity index (χ3n) is 3.66. The molecular weight excluding hydrogens is 318 g/mol. The predicted molar refractivity (Wildman–Crippen MR) is 88.0 cm³/mol. The number of benzene rings is 1. The second kappa shape index (κ2) is 8.52. The minimum absolute atomic E-state index is 0.0885. The molecule has 1 aliphatic rings. The Hall–Kier alpha value is -2.09. The van der Waals surface area contributed by atoms with Gasteiger partial charge in [0.2, 0.25) is 5.91 Å². The normalized spacial score (nSPS) is 15.0. The number of nitro benzene ring substituents is 1. The zero-order valence-electron chi connectivity index (χ0n) is 12.6. The molecule has 0 saturated heterocycles. The van der Waals surface area contributed by atoms with Gasteiger partial charge in [0.15, 0.2) is 0 Å². The highest BCUT2D eigenvalue weighted by atomic mass is 32.2. The molecule has 1 saturated carbocycles. The molecule has 8 heteroatoms. The lowest BCUT2D eigenvalue weighted by molar-refractivity contribution is -0.384. The average Bonchev–Trinajstić information content (AvgIpc) is 2.58. The summed E-state index contributed by atoms with van der Waals surface area (Å²) in [6, 6.07) is 5.18. The second-order valence-electron chi connectivity index (χ2n) is 5.38. The highest BCUT2D eigenvalue weighted by molar-refractivity contribution is 8.00. The molecule has 1 fully saturated rings. The number of carbonyl (C=O) groups excluding carboxylic acids is 2. The molecule has 1 aromatic carbocycles. The standard InChI is InChI=1S/C15H19N3O4S/c19-14(10-23-13-4-2-1-3-5-13)16-17-15(20)11-6-8-12(9-7-11)18(21)22/h6-9,13H,1-5,10H2,(H,16,19)(H,17,20). The summed E-state index contributed by atoms with van der Waals surface area (Å²) in [6.45, 7) is 0. The monoisotopic (exact) mass is 337 g/mol. The Labute approximate surface area is 138 Å². The minimum Gasteiger partial charge on any atom is -0.272 e. The maximum atomic E-state index is 11.8. The number of thioether (sulfide) groups is 1. The molecule has 0 atom stereocenters. The molecule has 0 unspecified atom stereocenters. The van der Waals surface area contributed by atoms with Crippen LogP contribution in [0.1, 0.15) is 42.5 Å². The molecule has 0 heterocycles. The number of hydrogen-bond acceptors (Lipinski definition) is 5. The van der Waals surface area contributed by atoms with E-state index in [0.29, 0.717) is 11.0 Å². The van der Waals surface area contributed by atoms with E-state index in [2.05, 4.69) is 10.9 Å². The lowest BCUT2D eigenvalue weighted by atomic mass is 10.0. The fourth-order valence-electron chi connectivity index (χ4n) is 2.39. The first-order valence-corrected chi connectivity index (χ1v) is 8.56. The van der Waals surface area contributed by atoms with E-state index in [1.165, 1.54) is 43.5 Å². The average molecular weight is 337 g/mol. The summed E-state index contributed by atoms with van der Waals surface area (Å²) in [5.74, 6) is -0.447. The fourth-order valence-corrected chi connectivity index (χ4v) is 3.52. The zero-order valence-corrected chi connectivity index (χ0v) is 13.4. The molecule has 0 aliphatic heterocycles. The first kappa shape index (κ1) is 17.3. The first-order chi connectivity index (χ1) is 11.1. The number of amides is 2. The van der Waals surface area contributed by atoms with Gasteiger partial charge in [0.25, 0.3) is 11.6 Å². The lowest BCUT2D eigenvalue weighted by Gasteiger charge is -2.20. The minimum atomic E-state index is -0.536. The van der Waals surface area contributed by atoms with Crippen LogP contribution in [0.4, 0.5) is 5.69 Å². The molecule has 0 aromatic heterocycles. The molecule has 124 valence electrons. The van der Waals surface area contributed by atoms with Crippen LogP contribution in [0.5, 0.6) is 0 Å². The van der Waals surface area contributed by atoms with Crippen molar-refractivity contribution in [3.8, 4) is 0 Å². The van der Waals surface area contributed by atoms with E-state index in [-0.39, 0.29) is 17.2 Å². The molecule has 0 spiro atoms. The number of non-ortho nitro benzene ring substituents is 1. The molecule has 1 aromatic rings. The van der Waals surface area contributed by atoms with E-state index in [1.807, 2.05) is 0 Å². The maximum Gasteiger partial charge on any atom is 0.269 e. The highest BCUT2D eigenvalue weighted by Crippen LogP contribution is 2.27. The van der Waals surface area contributed by atoms with Gasteiger partial charge in [-0.2, -0.15) is 0 Å². The van der Waals surface area contributed by atoms with Gasteiger partial charge in [-0.1, -0.05) is 19.3 Å². The van der Waals surface area contributed by atoms with E-state index < -0.39 is 10.8 Å². The molecule has 0 radical (unpaired) electrons. The maximum absolute atomic E-state index is 11.8. The number of hydrogen-bond donors (Lipinski definition) is 2. The van der Waals surface area contributed by atoms with Gasteiger partial charge in [-0.05, 0) is 25.0 Å². The highest BCUT2D eigenvalue weighted by Gasteiger charge is 2.16. The summed E-state index contributed by atoms with van der Waals surface area (Å²) >= 11 is 1.62. The van der Waals surface area contributed by atoms with Crippen molar-refractivity contribution in [1.82, 2.24) is 10.9 Å². The summed E-state index contributed by atoms with van der Waals surface area (Å²) in [7, 11) is 0. The summed E-state index contributed by atoms with van der Waals surface area (Å²) < 4.78 is 0. The Bertz CT molecular complexity index is 571. The first-order valence-electron chi connectivity index (χ1n) is 7.51. The third-order valence-corrected chi connectivity index (χ3v) is 5.03. The van der Waals surface area contributed by atoms with Crippen LogP contribution < -0.4 is 10.9 Å². The molecule has 1 aliphatic carbocycles. The van der Waals surface area contributed by atoms with Gasteiger partial charge in [-0.3, -0.25) is 30.6 Å². The summed E-state index contributed by atoms with van der Waals surface area (Å²) in [5, 5.41) is 11.1. The summed E-state index contributed by atoms with van der Waals surface area (Å²) in [5.41, 5.74) is 4.84. The molecule has 2 rings (SSSR count). The second-order valence-corrected chi connectivity index (χ2v) is 6.67. The number of hydrazine groups is 1. The Balaban J connectivity index is 1.72. The topological polar surface area (TPSA) is 101 Å². The largest absolute Gasteiger partial charge is 0.272 e. The van der Waals surface area contributed by atoms with Crippen LogP contribution in [0.25, 0.3) is 0 Å². The number of carbonyl (C=O) groups is 2. The van der Waals surface area contributed by atoms with Crippen LogP contribution in [0, 0.1) is 10.1 Å². The summed E-state index contributed by atoms with van der Waals surface area (Å²) in [4.78, 5) is 33.6. The van der Waals surface area contributed by atoms with Crippen molar-refractivity contribution in [2.45, 2.75) is 37.4 Å². The van der Waals surface area contributed by atoms with Gasteiger partial charge in [-0.25, -0.2) is 0 Å². The third kappa shape index (κ3) is 5.55. The number of nitrogens with zero attached hydrogens (tertiary/aromatic N) is 1. The van der Waals surface area contributed by atoms with Crippen molar-refractivity contribution in [2.75, 3.05) is 5.75 Å². The van der Waals surface area contributed by atoms with Crippen LogP contribution in [0.2, 0.25) is 0 Å². The van der Waals surface area contributed by atoms with Crippen molar-refractivity contribution >= 4 is 29.3 Å². The molecule has 7 nitrogen and oxygen atoms in total. The van der Waals surface area contributed by atoms with E-state index in [4.69, 9.17) is 0 Å². The molecule has 0 bridgehead atoms. The van der Waals surface area contributed by atoms with Gasteiger partial charge in [0.05, 0.1) is 10.7 Å². The smallest absolute Gasteiger partial charge is 0.269 e. The van der Waals surface area contributed by atoms with Crippen molar-refractivity contribution in [3.05, 3.63) is 39.9 Å². The Morgan fingerprint density at radius 3 is 2.39 bits per heavy atom. The molecule has 2 N–H and O–H groups in total. The van der Waals surface area contributed by atoms with Crippen LogP contribution in [0.15, 0.2) is 24.3 Å². The van der Waals surface area contributed by atoms with Gasteiger partial charge in [-0.15, -0.1) is 11.8 Å². The van der Waals surface area contributed by atoms with Crippen LogP contribution in [0.3, 0.4) is 0 Å². The van der Waals surface area contributed by atoms with E-state index >= 15 is 0 Å². The fraction of sp³-hybridized carbons (Fsp3) is 0.467. The Kier molecular flexibility index (Phi) is 6.40. The number of nitro groups is 1. The molecule has 2 amide bonds. The predicted octanol–water partition coefficient (Wildman–Crippen LogP) is 2.42. The van der Waals surface area contributed by atoms with E-state index in [9.17, 15) is 19.7 Å². The van der Waals surface area contributed by atoms with Gasteiger partial charge in [0, 0.05) is 22.9 Å². The van der Waals surface area contributed by atoms with Crippen molar-refractivity contribution in [2.24, 2.45) is 0 Å². The van der Waals surface area contributed by atoms with Crippen LogP contribution in [-0.2, 0) is 4.79 Å². The van der Waals surface area contributed by atoms with E-state index in [1.54, 1.807) is 11.8 Å². The van der Waals surface area contributed by atoms with Gasteiger partial charge in [0.1, 0.15) is 0 Å². The summed E-state index contributed by atoms with van der Waals surface area (Å²) in [6.07, 6.45) is 6.00. The Morgan fingerprint density at radius 1 is 1.13 bits per heavy atom. The number of nitrogens with one attached hydrogen (secondary N) is 2. The molecule has 23 heavy (non-hydrogen) atoms. The van der Waals surface area contributed by atoms with Crippen LogP contribution >= 0.6 is 11.8 Å². The van der Waals surface area contributed by atoms with Crippen molar-refractivity contribution in [3.63, 3.8) is 0 Å². The van der Waals surface area contributed by atoms with Crippen molar-refractivity contribution in [1.29, 1.82) is 0 Å². The van der Waals surface area contributed by atoms with E-state index in [0.717, 1.165) is 12.8 Å². The zero-order chi connectivity index (χ0) is 16.7. The quantitative estimate of drug-likeness (QED) is 0.635. The van der Waals surface area contributed by atoms with Crippen LogP contribution in [-0.4, -0.2) is 27.7 Å². The Morgan fingerprint density at radius 2 is 1.78 bits per heavy atom. The molecular formula is C15H19N3O4S. The van der Waals surface area contributed by atoms with Crippen molar-refractivity contribution < 1.29 is 14.5 Å². The van der Waals surface area contributed by atoms with Gasteiger partial charge < -0.3 is 0 Å². The lowest BCUT2D eigenvalue weighted by Crippen LogP contribution is -2.42. The van der Waals surface area contributed by atoms with Gasteiger partial charge >= 0.3 is 0 Å². The SMILES string of the molecule is O=C(CSC1CCCCC1)NNC(=O)c1ccc([N+](=O)[O-])cc1. The number of rotatable bonds is 5.